The Morgan fingerprint density at radius 3 is 2.47 bits per heavy atom. The second-order valence-electron chi connectivity index (χ2n) is 4.84. The number of benzene rings is 1. The van der Waals surface area contributed by atoms with Gasteiger partial charge in [0, 0.05) is 6.54 Å². The minimum absolute atomic E-state index is 0.158. The molecule has 0 aliphatic heterocycles. The van der Waals surface area contributed by atoms with E-state index in [0.29, 0.717) is 0 Å². The van der Waals surface area contributed by atoms with Crippen LogP contribution in [0.25, 0.3) is 11.1 Å². The lowest BCUT2D eigenvalue weighted by molar-refractivity contribution is 0.436. The van der Waals surface area contributed by atoms with Crippen molar-refractivity contribution in [1.29, 1.82) is 0 Å². The van der Waals surface area contributed by atoms with Crippen LogP contribution in [0.4, 0.5) is 0 Å². The number of unbranched alkanes of at least 4 members (excludes halogenated alkanes) is 1. The Kier molecular flexibility index (Phi) is 4.61. The molecule has 0 fully saturated rings. The Hall–Kier alpha value is -1.77. The number of nitrogens with zero attached hydrogens (tertiary/aromatic N) is 2. The first kappa shape index (κ1) is 13.7. The predicted octanol–water partition coefficient (Wildman–Crippen LogP) is 4.01. The normalized spacial score (nSPS) is 10.8. The van der Waals surface area contributed by atoms with E-state index in [2.05, 4.69) is 18.9 Å². The summed E-state index contributed by atoms with van der Waals surface area (Å²) in [6.07, 6.45) is 4.25. The molecule has 0 spiro atoms. The van der Waals surface area contributed by atoms with Crippen molar-refractivity contribution in [2.45, 2.75) is 46.1 Å². The van der Waals surface area contributed by atoms with E-state index in [1.165, 1.54) is 0 Å². The van der Waals surface area contributed by atoms with Gasteiger partial charge in [-0.15, -0.1) is 5.10 Å². The maximum absolute atomic E-state index is 10.2. The lowest BCUT2D eigenvalue weighted by Crippen LogP contribution is -2.05. The molecule has 0 amide bonds. The molecular formula is C16H22N2O. The molecule has 3 heteroatoms. The van der Waals surface area contributed by atoms with E-state index in [0.717, 1.165) is 49.0 Å². The van der Waals surface area contributed by atoms with Crippen LogP contribution in [-0.2, 0) is 13.0 Å². The number of aromatic nitrogens is 2. The maximum atomic E-state index is 10.2. The summed E-state index contributed by atoms with van der Waals surface area (Å²) in [5, 5.41) is 14.5. The Balaban J connectivity index is 2.45. The van der Waals surface area contributed by atoms with Gasteiger partial charge in [-0.2, -0.15) is 0 Å². The van der Waals surface area contributed by atoms with Crippen molar-refractivity contribution in [1.82, 2.24) is 9.78 Å². The van der Waals surface area contributed by atoms with Crippen molar-refractivity contribution in [2.24, 2.45) is 0 Å². The number of hydrogen-bond donors (Lipinski definition) is 1. The van der Waals surface area contributed by atoms with Gasteiger partial charge < -0.3 is 5.11 Å². The van der Waals surface area contributed by atoms with Crippen molar-refractivity contribution in [3.8, 4) is 17.0 Å². The summed E-state index contributed by atoms with van der Waals surface area (Å²) in [7, 11) is 0. The highest BCUT2D eigenvalue weighted by Crippen LogP contribution is 2.33. The molecular weight excluding hydrogens is 236 g/mol. The summed E-state index contributed by atoms with van der Waals surface area (Å²) >= 11 is 0. The lowest BCUT2D eigenvalue weighted by Gasteiger charge is -2.08. The summed E-state index contributed by atoms with van der Waals surface area (Å²) in [6, 6.07) is 10.0. The number of aryl methyl sites for hydroxylation is 1. The van der Waals surface area contributed by atoms with Crippen molar-refractivity contribution in [2.75, 3.05) is 0 Å². The maximum Gasteiger partial charge on any atom is 0.238 e. The van der Waals surface area contributed by atoms with Gasteiger partial charge in [0.1, 0.15) is 0 Å². The van der Waals surface area contributed by atoms with Gasteiger partial charge in [-0.25, -0.2) is 0 Å². The summed E-state index contributed by atoms with van der Waals surface area (Å²) in [5.74, 6) is 0.158. The standard InChI is InChI=1S/C16H22N2O/c1-3-5-11-14-15(13-9-7-6-8-10-13)16(19)17-18(14)12-4-2/h6-10H,3-5,11-12H2,1-2H3,(H,17,19). The minimum atomic E-state index is 0.158. The topological polar surface area (TPSA) is 38.1 Å². The average molecular weight is 258 g/mol. The quantitative estimate of drug-likeness (QED) is 0.850. The van der Waals surface area contributed by atoms with Crippen LogP contribution < -0.4 is 0 Å². The third kappa shape index (κ3) is 2.98. The summed E-state index contributed by atoms with van der Waals surface area (Å²) in [6.45, 7) is 5.17. The van der Waals surface area contributed by atoms with Gasteiger partial charge in [0.25, 0.3) is 0 Å². The largest absolute Gasteiger partial charge is 0.492 e. The van der Waals surface area contributed by atoms with Crippen LogP contribution >= 0.6 is 0 Å². The zero-order valence-electron chi connectivity index (χ0n) is 11.8. The Morgan fingerprint density at radius 1 is 1.11 bits per heavy atom. The third-order valence-corrected chi connectivity index (χ3v) is 3.30. The van der Waals surface area contributed by atoms with Crippen LogP contribution in [0.3, 0.4) is 0 Å². The van der Waals surface area contributed by atoms with Crippen molar-refractivity contribution < 1.29 is 5.11 Å². The van der Waals surface area contributed by atoms with E-state index in [1.807, 2.05) is 35.0 Å². The molecule has 0 unspecified atom stereocenters. The SMILES string of the molecule is CCCCc1c(-c2ccccc2)c(O)nn1CCC. The van der Waals surface area contributed by atoms with Crippen LogP contribution in [0.5, 0.6) is 5.88 Å². The van der Waals surface area contributed by atoms with Gasteiger partial charge in [0.15, 0.2) is 0 Å². The van der Waals surface area contributed by atoms with E-state index in [-0.39, 0.29) is 5.88 Å². The van der Waals surface area contributed by atoms with Crippen LogP contribution in [-0.4, -0.2) is 14.9 Å². The van der Waals surface area contributed by atoms with Gasteiger partial charge in [0.2, 0.25) is 5.88 Å². The predicted molar refractivity (Wildman–Crippen MR) is 78.2 cm³/mol. The molecule has 102 valence electrons. The monoisotopic (exact) mass is 258 g/mol. The smallest absolute Gasteiger partial charge is 0.238 e. The fourth-order valence-electron chi connectivity index (χ4n) is 2.38. The third-order valence-electron chi connectivity index (χ3n) is 3.30. The molecule has 1 heterocycles. The molecule has 2 aromatic rings. The number of aromatic hydroxyl groups is 1. The molecule has 0 aliphatic carbocycles. The molecule has 0 atom stereocenters. The van der Waals surface area contributed by atoms with Crippen LogP contribution in [0, 0.1) is 0 Å². The lowest BCUT2D eigenvalue weighted by atomic mass is 10.0. The van der Waals surface area contributed by atoms with E-state index in [1.54, 1.807) is 0 Å². The van der Waals surface area contributed by atoms with Gasteiger partial charge in [-0.05, 0) is 24.8 Å². The molecule has 0 aliphatic rings. The molecule has 1 aromatic heterocycles. The van der Waals surface area contributed by atoms with Crippen LogP contribution in [0.1, 0.15) is 38.8 Å². The van der Waals surface area contributed by atoms with Gasteiger partial charge in [-0.3, -0.25) is 4.68 Å². The molecule has 1 N–H and O–H groups in total. The second-order valence-corrected chi connectivity index (χ2v) is 4.84. The Labute approximate surface area is 114 Å². The first-order chi connectivity index (χ1) is 9.27. The molecule has 0 bridgehead atoms. The number of rotatable bonds is 6. The van der Waals surface area contributed by atoms with Gasteiger partial charge in [-0.1, -0.05) is 50.6 Å². The Morgan fingerprint density at radius 2 is 1.84 bits per heavy atom. The zero-order chi connectivity index (χ0) is 13.7. The van der Waals surface area contributed by atoms with Crippen LogP contribution in [0.2, 0.25) is 0 Å². The highest BCUT2D eigenvalue weighted by atomic mass is 16.3. The highest BCUT2D eigenvalue weighted by molar-refractivity contribution is 5.71. The van der Waals surface area contributed by atoms with Crippen LogP contribution in [0.15, 0.2) is 30.3 Å². The van der Waals surface area contributed by atoms with E-state index < -0.39 is 0 Å². The minimum Gasteiger partial charge on any atom is -0.492 e. The highest BCUT2D eigenvalue weighted by Gasteiger charge is 2.17. The fourth-order valence-corrected chi connectivity index (χ4v) is 2.38. The summed E-state index contributed by atoms with van der Waals surface area (Å²) in [5.41, 5.74) is 3.11. The van der Waals surface area contributed by atoms with Gasteiger partial charge >= 0.3 is 0 Å². The molecule has 1 aromatic carbocycles. The fraction of sp³-hybridized carbons (Fsp3) is 0.438. The molecule has 2 rings (SSSR count). The van der Waals surface area contributed by atoms with E-state index in [9.17, 15) is 5.11 Å². The number of hydrogen-bond acceptors (Lipinski definition) is 2. The van der Waals surface area contributed by atoms with E-state index in [4.69, 9.17) is 0 Å². The zero-order valence-corrected chi connectivity index (χ0v) is 11.8. The first-order valence-electron chi connectivity index (χ1n) is 7.12. The van der Waals surface area contributed by atoms with E-state index >= 15 is 0 Å². The molecule has 0 saturated heterocycles. The van der Waals surface area contributed by atoms with Crippen molar-refractivity contribution in [3.63, 3.8) is 0 Å². The second kappa shape index (κ2) is 6.41. The van der Waals surface area contributed by atoms with Gasteiger partial charge in [0.05, 0.1) is 11.3 Å². The average Bonchev–Trinajstić information content (AvgIpc) is 2.74. The van der Waals surface area contributed by atoms with Crippen molar-refractivity contribution in [3.05, 3.63) is 36.0 Å². The van der Waals surface area contributed by atoms with Crippen molar-refractivity contribution >= 4 is 0 Å². The molecule has 19 heavy (non-hydrogen) atoms. The first-order valence-corrected chi connectivity index (χ1v) is 7.12. The molecule has 0 saturated carbocycles. The summed E-state index contributed by atoms with van der Waals surface area (Å²) < 4.78 is 1.97. The summed E-state index contributed by atoms with van der Waals surface area (Å²) in [4.78, 5) is 0. The molecule has 3 nitrogen and oxygen atoms in total. The Bertz CT molecular complexity index is 517. The molecule has 0 radical (unpaired) electrons.